The third kappa shape index (κ3) is 8.88. The number of carbonyl (C=O) groups is 5. The van der Waals surface area contributed by atoms with Gasteiger partial charge in [-0.2, -0.15) is 0 Å². The first-order chi connectivity index (χ1) is 19.5. The van der Waals surface area contributed by atoms with E-state index in [1.165, 1.54) is 18.3 Å². The average Bonchev–Trinajstić information content (AvgIpc) is 3.32. The average molecular weight is 569 g/mol. The maximum atomic E-state index is 13.3. The van der Waals surface area contributed by atoms with Crippen LogP contribution in [-0.2, 0) is 19.1 Å². The van der Waals surface area contributed by atoms with Crippen molar-refractivity contribution in [1.82, 2.24) is 15.2 Å². The van der Waals surface area contributed by atoms with E-state index in [4.69, 9.17) is 15.3 Å². The van der Waals surface area contributed by atoms with Crippen molar-refractivity contribution >= 4 is 47.7 Å². The number of hydrogen-bond acceptors (Lipinski definition) is 8. The molecule has 0 saturated heterocycles. The fourth-order valence-electron chi connectivity index (χ4n) is 3.53. The largest absolute Gasteiger partial charge is 0.478 e. The molecule has 0 unspecified atom stereocenters. The monoisotopic (exact) mass is 568 g/mol. The highest BCUT2D eigenvalue weighted by Crippen LogP contribution is 2.22. The van der Waals surface area contributed by atoms with Gasteiger partial charge in [-0.05, 0) is 50.5 Å². The summed E-state index contributed by atoms with van der Waals surface area (Å²) in [6.07, 6.45) is 2.94. The molecule has 5 N–H and O–H groups in total. The van der Waals surface area contributed by atoms with Gasteiger partial charge in [0.1, 0.15) is 6.34 Å². The number of aryl methyl sites for hydroxylation is 1. The fourth-order valence-corrected chi connectivity index (χ4v) is 3.53. The molecule has 0 fully saturated rings. The van der Waals surface area contributed by atoms with Crippen LogP contribution in [0.5, 0.6) is 0 Å². The molecular weight excluding hydrogens is 536 g/mol. The van der Waals surface area contributed by atoms with Crippen molar-refractivity contribution in [2.45, 2.75) is 34.1 Å². The van der Waals surface area contributed by atoms with Gasteiger partial charge in [0, 0.05) is 42.7 Å². The predicted octanol–water partition coefficient (Wildman–Crippen LogP) is 2.98. The van der Waals surface area contributed by atoms with E-state index in [0.717, 1.165) is 16.8 Å². The Labute approximate surface area is 235 Å². The Morgan fingerprint density at radius 2 is 1.85 bits per heavy atom. The first-order valence-electron chi connectivity index (χ1n) is 12.5. The number of carboxylic acids is 1. The Kier molecular flexibility index (Phi) is 12.0. The number of aliphatic imine (C=N–C) groups is 1. The van der Waals surface area contributed by atoms with E-state index in [9.17, 15) is 24.0 Å². The van der Waals surface area contributed by atoms with Crippen LogP contribution in [0.3, 0.4) is 0 Å². The number of nitrogens with zero attached hydrogens (tertiary/aromatic N) is 2. The summed E-state index contributed by atoms with van der Waals surface area (Å²) in [7, 11) is 0. The molecule has 14 heteroatoms. The van der Waals surface area contributed by atoms with E-state index in [1.54, 1.807) is 33.8 Å². The van der Waals surface area contributed by atoms with Crippen LogP contribution in [0.2, 0.25) is 0 Å². The van der Waals surface area contributed by atoms with Crippen LogP contribution in [0.25, 0.3) is 0 Å². The lowest BCUT2D eigenvalue weighted by Gasteiger charge is -2.20. The van der Waals surface area contributed by atoms with Crippen molar-refractivity contribution in [2.75, 3.05) is 25.2 Å². The Morgan fingerprint density at radius 1 is 1.12 bits per heavy atom. The number of aliphatic carboxylic acids is 1. The number of nitrogens with one attached hydrogen (secondary N) is 4. The van der Waals surface area contributed by atoms with Crippen molar-refractivity contribution < 1.29 is 38.6 Å². The highest BCUT2D eigenvalue weighted by Gasteiger charge is 2.25. The number of ether oxygens (including phenoxy) is 2. The zero-order valence-corrected chi connectivity index (χ0v) is 23.1. The van der Waals surface area contributed by atoms with Crippen LogP contribution < -0.4 is 10.6 Å². The molecule has 3 amide bonds. The van der Waals surface area contributed by atoms with E-state index in [0.29, 0.717) is 47.6 Å². The first-order valence-corrected chi connectivity index (χ1v) is 12.5. The second-order valence-corrected chi connectivity index (χ2v) is 8.44. The minimum Gasteiger partial charge on any atom is -0.478 e. The number of hydrogen-bond donors (Lipinski definition) is 5. The minimum absolute atomic E-state index is 0.00590. The van der Waals surface area contributed by atoms with Crippen molar-refractivity contribution in [3.05, 3.63) is 64.5 Å². The summed E-state index contributed by atoms with van der Waals surface area (Å²) < 4.78 is 9.50. The fraction of sp³-hybridized carbons (Fsp3) is 0.296. The summed E-state index contributed by atoms with van der Waals surface area (Å²) in [6, 6.07) is 4.69. The topological polar surface area (TPSA) is 203 Å². The van der Waals surface area contributed by atoms with Crippen molar-refractivity contribution in [1.29, 1.82) is 5.41 Å². The molecular formula is C27H32N6O8. The first kappa shape index (κ1) is 31.9. The quantitative estimate of drug-likeness (QED) is 0.0838. The summed E-state index contributed by atoms with van der Waals surface area (Å²) in [6.45, 7) is 6.71. The molecule has 1 aromatic heterocycles. The highest BCUT2D eigenvalue weighted by molar-refractivity contribution is 6.13. The van der Waals surface area contributed by atoms with Crippen LogP contribution in [0.1, 0.15) is 57.8 Å². The number of imide groups is 1. The predicted molar refractivity (Wildman–Crippen MR) is 149 cm³/mol. The molecule has 0 spiro atoms. The molecule has 0 radical (unpaired) electrons. The molecule has 0 aliphatic carbocycles. The number of carboxylic acid groups (broad SMARTS) is 1. The Balaban J connectivity index is 2.26. The van der Waals surface area contributed by atoms with E-state index in [2.05, 4.69) is 25.3 Å². The molecule has 14 nitrogen and oxygen atoms in total. The van der Waals surface area contributed by atoms with Gasteiger partial charge in [0.15, 0.2) is 5.84 Å². The molecule has 1 aromatic carbocycles. The summed E-state index contributed by atoms with van der Waals surface area (Å²) in [4.78, 5) is 68.1. The van der Waals surface area contributed by atoms with Gasteiger partial charge in [0.2, 0.25) is 6.79 Å². The lowest BCUT2D eigenvalue weighted by molar-refractivity contribution is -0.146. The number of aromatic nitrogens is 1. The summed E-state index contributed by atoms with van der Waals surface area (Å²) in [5.41, 5.74) is 2.79. The van der Waals surface area contributed by atoms with Crippen molar-refractivity contribution in [3.8, 4) is 0 Å². The third-order valence-corrected chi connectivity index (χ3v) is 5.55. The molecule has 0 bridgehead atoms. The molecule has 218 valence electrons. The van der Waals surface area contributed by atoms with Gasteiger partial charge in [-0.1, -0.05) is 13.0 Å². The zero-order valence-electron chi connectivity index (χ0n) is 23.1. The van der Waals surface area contributed by atoms with Crippen LogP contribution >= 0.6 is 0 Å². The van der Waals surface area contributed by atoms with Crippen molar-refractivity contribution in [2.24, 2.45) is 4.99 Å². The smallest absolute Gasteiger partial charge is 0.419 e. The van der Waals surface area contributed by atoms with Crippen LogP contribution in [0.15, 0.2) is 41.5 Å². The maximum absolute atomic E-state index is 13.3. The third-order valence-electron chi connectivity index (χ3n) is 5.55. The van der Waals surface area contributed by atoms with Gasteiger partial charge in [-0.3, -0.25) is 15.0 Å². The molecule has 2 rings (SSSR count). The number of amides is 3. The van der Waals surface area contributed by atoms with Crippen molar-refractivity contribution in [3.63, 3.8) is 0 Å². The van der Waals surface area contributed by atoms with E-state index < -0.39 is 30.7 Å². The maximum Gasteiger partial charge on any atom is 0.419 e. The molecule has 0 aliphatic heterocycles. The van der Waals surface area contributed by atoms with Crippen LogP contribution in [0.4, 0.5) is 10.5 Å². The highest BCUT2D eigenvalue weighted by atomic mass is 16.7. The number of benzene rings is 1. The zero-order chi connectivity index (χ0) is 30.5. The molecule has 0 saturated carbocycles. The van der Waals surface area contributed by atoms with E-state index in [-0.39, 0.29) is 23.9 Å². The van der Waals surface area contributed by atoms with Gasteiger partial charge in [0.05, 0.1) is 11.3 Å². The number of aromatic amines is 1. The summed E-state index contributed by atoms with van der Waals surface area (Å²) in [5, 5.41) is 21.9. The normalized spacial score (nSPS) is 11.1. The van der Waals surface area contributed by atoms with E-state index in [1.807, 2.05) is 0 Å². The summed E-state index contributed by atoms with van der Waals surface area (Å²) >= 11 is 0. The number of H-pyrrole nitrogens is 1. The van der Waals surface area contributed by atoms with Gasteiger partial charge in [0.25, 0.3) is 11.8 Å². The number of rotatable bonds is 12. The number of anilines is 1. The SMILES string of the molecule is CCCN(C(=O)OCOC(=O)/C=C/C(=O)O)C(=O)c1ccc(C)c(N/C(=N/C=N)c2[nH]cc(C(=O)NCC)c2C)c1. The lowest BCUT2D eigenvalue weighted by atomic mass is 10.1. The second kappa shape index (κ2) is 15.4. The van der Waals surface area contributed by atoms with Crippen LogP contribution in [-0.4, -0.2) is 76.9 Å². The van der Waals surface area contributed by atoms with Gasteiger partial charge in [-0.25, -0.2) is 24.3 Å². The summed E-state index contributed by atoms with van der Waals surface area (Å²) in [5.74, 6) is -3.11. The van der Waals surface area contributed by atoms with Gasteiger partial charge >= 0.3 is 18.0 Å². The Hall–Kier alpha value is -5.27. The number of esters is 1. The lowest BCUT2D eigenvalue weighted by Crippen LogP contribution is -2.38. The Bertz CT molecular complexity index is 1380. The van der Waals surface area contributed by atoms with Crippen LogP contribution in [0, 0.1) is 19.3 Å². The molecule has 41 heavy (non-hydrogen) atoms. The van der Waals surface area contributed by atoms with E-state index >= 15 is 0 Å². The van der Waals surface area contributed by atoms with Gasteiger partial charge < -0.3 is 30.2 Å². The Morgan fingerprint density at radius 3 is 2.49 bits per heavy atom. The molecule has 0 atom stereocenters. The number of carbonyl (C=O) groups excluding carboxylic acids is 4. The minimum atomic E-state index is -1.35. The molecule has 0 aliphatic rings. The van der Waals surface area contributed by atoms with Gasteiger partial charge in [-0.15, -0.1) is 0 Å². The molecule has 2 aromatic rings. The second-order valence-electron chi connectivity index (χ2n) is 8.44. The standard InChI is InChI=1S/C27H32N6O8/c1-5-11-33(27(39)41-15-40-22(36)10-9-21(34)35)26(38)18-8-7-16(3)20(12-18)32-24(31-14-28)23-17(4)19(13-30-23)25(37)29-6-2/h7-10,12-14,30H,5-6,11,15H2,1-4H3,(H,29,37)(H,34,35)(H2,28,31,32)/b10-9+. The molecule has 1 heterocycles. The number of amidine groups is 1.